The number of sulfone groups is 1. The van der Waals surface area contributed by atoms with Crippen LogP contribution in [0.5, 0.6) is 0 Å². The molecule has 0 radical (unpaired) electrons. The van der Waals surface area contributed by atoms with E-state index in [1.165, 1.54) is 0 Å². The first-order chi connectivity index (χ1) is 9.74. The van der Waals surface area contributed by atoms with Crippen LogP contribution in [0.1, 0.15) is 25.0 Å². The lowest BCUT2D eigenvalue weighted by Gasteiger charge is -2.18. The largest absolute Gasteiger partial charge is 0.463 e. The second-order valence-corrected chi connectivity index (χ2v) is 7.39. The van der Waals surface area contributed by atoms with Crippen LogP contribution in [-0.2, 0) is 25.8 Å². The molecule has 0 aliphatic heterocycles. The number of carbonyl (C=O) groups excluding carboxylic acids is 1. The highest BCUT2D eigenvalue weighted by molar-refractivity contribution is 7.90. The van der Waals surface area contributed by atoms with E-state index in [0.717, 1.165) is 29.5 Å². The van der Waals surface area contributed by atoms with Crippen LogP contribution >= 0.6 is 0 Å². The van der Waals surface area contributed by atoms with Crippen molar-refractivity contribution in [2.45, 2.75) is 33.2 Å². The molecule has 1 aromatic carbocycles. The molecule has 0 amide bonds. The van der Waals surface area contributed by atoms with E-state index in [2.05, 4.69) is 12.2 Å². The molecule has 1 aromatic rings. The van der Waals surface area contributed by atoms with Crippen molar-refractivity contribution in [2.24, 2.45) is 0 Å². The van der Waals surface area contributed by atoms with E-state index < -0.39 is 21.8 Å². The van der Waals surface area contributed by atoms with Gasteiger partial charge in [-0.15, -0.1) is 0 Å². The maximum atomic E-state index is 11.9. The van der Waals surface area contributed by atoms with Gasteiger partial charge in [-0.25, -0.2) is 13.2 Å². The normalized spacial score (nSPS) is 12.8. The van der Waals surface area contributed by atoms with Crippen molar-refractivity contribution in [1.29, 1.82) is 0 Å². The molecule has 21 heavy (non-hydrogen) atoms. The van der Waals surface area contributed by atoms with E-state index in [-0.39, 0.29) is 12.4 Å². The molecule has 1 N–H and O–H groups in total. The average Bonchev–Trinajstić information content (AvgIpc) is 2.39. The van der Waals surface area contributed by atoms with Crippen LogP contribution in [0.15, 0.2) is 18.2 Å². The molecule has 0 spiro atoms. The van der Waals surface area contributed by atoms with Crippen LogP contribution in [0.4, 0.5) is 5.69 Å². The Morgan fingerprint density at radius 3 is 2.62 bits per heavy atom. The number of ether oxygens (including phenoxy) is 1. The fraction of sp³-hybridized carbons (Fsp3) is 0.533. The van der Waals surface area contributed by atoms with E-state index in [4.69, 9.17) is 4.74 Å². The molecule has 0 heterocycles. The summed E-state index contributed by atoms with van der Waals surface area (Å²) in [6, 6.07) is 5.44. The van der Waals surface area contributed by atoms with Gasteiger partial charge in [0.05, 0.1) is 5.75 Å². The minimum atomic E-state index is -3.12. The van der Waals surface area contributed by atoms with Crippen molar-refractivity contribution in [2.75, 3.05) is 23.9 Å². The maximum absolute atomic E-state index is 11.9. The number of benzene rings is 1. The third-order valence-electron chi connectivity index (χ3n) is 3.15. The molecule has 0 bridgehead atoms. The third kappa shape index (κ3) is 5.75. The second kappa shape index (κ2) is 7.45. The van der Waals surface area contributed by atoms with E-state index in [0.29, 0.717) is 0 Å². The third-order valence-corrected chi connectivity index (χ3v) is 4.06. The molecule has 5 nitrogen and oxygen atoms in total. The Bertz CT molecular complexity index is 596. The highest BCUT2D eigenvalue weighted by Crippen LogP contribution is 2.22. The first-order valence-electron chi connectivity index (χ1n) is 6.94. The number of carbonyl (C=O) groups is 1. The predicted molar refractivity (Wildman–Crippen MR) is 84.3 cm³/mol. The summed E-state index contributed by atoms with van der Waals surface area (Å²) >= 11 is 0. The number of anilines is 1. The molecule has 0 aromatic heterocycles. The van der Waals surface area contributed by atoms with Crippen molar-refractivity contribution < 1.29 is 17.9 Å². The quantitative estimate of drug-likeness (QED) is 0.779. The van der Waals surface area contributed by atoms with Crippen molar-refractivity contribution in [3.8, 4) is 0 Å². The zero-order valence-corrected chi connectivity index (χ0v) is 13.8. The number of hydrogen-bond acceptors (Lipinski definition) is 5. The van der Waals surface area contributed by atoms with E-state index in [1.54, 1.807) is 6.92 Å². The van der Waals surface area contributed by atoms with Gasteiger partial charge in [-0.2, -0.15) is 0 Å². The predicted octanol–water partition coefficient (Wildman–Crippen LogP) is 1.95. The van der Waals surface area contributed by atoms with Gasteiger partial charge in [0.15, 0.2) is 9.84 Å². The zero-order chi connectivity index (χ0) is 16.0. The standard InChI is InChI=1S/C15H23NO4S/c1-5-13-8-6-7-11(2)14(13)16-12(3)15(17)20-9-10-21(4,18)19/h6-8,12,16H,5,9-10H2,1-4H3. The van der Waals surface area contributed by atoms with Gasteiger partial charge in [-0.05, 0) is 31.4 Å². The first kappa shape index (κ1) is 17.5. The minimum Gasteiger partial charge on any atom is -0.463 e. The highest BCUT2D eigenvalue weighted by atomic mass is 32.2. The lowest BCUT2D eigenvalue weighted by molar-refractivity contribution is -0.143. The lowest BCUT2D eigenvalue weighted by atomic mass is 10.1. The summed E-state index contributed by atoms with van der Waals surface area (Å²) in [7, 11) is -3.12. The van der Waals surface area contributed by atoms with Gasteiger partial charge >= 0.3 is 5.97 Å². The Kier molecular flexibility index (Phi) is 6.20. The summed E-state index contributed by atoms with van der Waals surface area (Å²) in [5.74, 6) is -0.611. The van der Waals surface area contributed by atoms with Crippen LogP contribution in [0, 0.1) is 6.92 Å². The van der Waals surface area contributed by atoms with Gasteiger partial charge in [-0.1, -0.05) is 25.1 Å². The average molecular weight is 313 g/mol. The van der Waals surface area contributed by atoms with Gasteiger partial charge < -0.3 is 10.1 Å². The van der Waals surface area contributed by atoms with Gasteiger partial charge in [0.2, 0.25) is 0 Å². The van der Waals surface area contributed by atoms with Gasteiger partial charge in [0, 0.05) is 11.9 Å². The molecule has 1 atom stereocenters. The van der Waals surface area contributed by atoms with E-state index >= 15 is 0 Å². The lowest BCUT2D eigenvalue weighted by Crippen LogP contribution is -2.30. The molecular weight excluding hydrogens is 290 g/mol. The smallest absolute Gasteiger partial charge is 0.328 e. The number of aryl methyl sites for hydroxylation is 2. The Hall–Kier alpha value is -1.56. The number of rotatable bonds is 7. The molecule has 0 fully saturated rings. The van der Waals surface area contributed by atoms with Crippen LogP contribution in [0.3, 0.4) is 0 Å². The number of esters is 1. The van der Waals surface area contributed by atoms with Crippen LogP contribution in [0.2, 0.25) is 0 Å². The van der Waals surface area contributed by atoms with Crippen molar-refractivity contribution in [3.05, 3.63) is 29.3 Å². The fourth-order valence-electron chi connectivity index (χ4n) is 1.92. The summed E-state index contributed by atoms with van der Waals surface area (Å²) in [6.07, 6.45) is 1.98. The summed E-state index contributed by atoms with van der Waals surface area (Å²) in [4.78, 5) is 11.9. The van der Waals surface area contributed by atoms with Gasteiger partial charge in [-0.3, -0.25) is 0 Å². The van der Waals surface area contributed by atoms with Crippen LogP contribution in [0.25, 0.3) is 0 Å². The molecule has 6 heteroatoms. The Morgan fingerprint density at radius 1 is 1.38 bits per heavy atom. The zero-order valence-electron chi connectivity index (χ0n) is 13.0. The molecule has 1 unspecified atom stereocenters. The Morgan fingerprint density at radius 2 is 2.05 bits per heavy atom. The van der Waals surface area contributed by atoms with Gasteiger partial charge in [0.1, 0.15) is 12.6 Å². The molecular formula is C15H23NO4S. The molecule has 0 saturated heterocycles. The highest BCUT2D eigenvalue weighted by Gasteiger charge is 2.17. The number of para-hydroxylation sites is 1. The first-order valence-corrected chi connectivity index (χ1v) is 9.00. The summed E-state index contributed by atoms with van der Waals surface area (Å²) in [5.41, 5.74) is 3.13. The van der Waals surface area contributed by atoms with E-state index in [1.807, 2.05) is 25.1 Å². The topological polar surface area (TPSA) is 72.5 Å². The summed E-state index contributed by atoms with van der Waals surface area (Å²) in [6.45, 7) is 5.62. The Labute approximate surface area is 126 Å². The molecule has 1 rings (SSSR count). The Balaban J connectivity index is 2.64. The van der Waals surface area contributed by atoms with Crippen LogP contribution in [-0.4, -0.2) is 39.0 Å². The van der Waals surface area contributed by atoms with Gasteiger partial charge in [0.25, 0.3) is 0 Å². The van der Waals surface area contributed by atoms with Crippen molar-refractivity contribution in [1.82, 2.24) is 0 Å². The molecule has 0 aliphatic rings. The monoisotopic (exact) mass is 313 g/mol. The van der Waals surface area contributed by atoms with Crippen LogP contribution < -0.4 is 5.32 Å². The summed E-state index contributed by atoms with van der Waals surface area (Å²) in [5, 5.41) is 3.15. The number of nitrogens with one attached hydrogen (secondary N) is 1. The number of hydrogen-bond donors (Lipinski definition) is 1. The van der Waals surface area contributed by atoms with Crippen molar-refractivity contribution >= 4 is 21.5 Å². The molecule has 0 aliphatic carbocycles. The maximum Gasteiger partial charge on any atom is 0.328 e. The summed E-state index contributed by atoms with van der Waals surface area (Å²) < 4.78 is 27.0. The SMILES string of the molecule is CCc1cccc(C)c1NC(C)C(=O)OCCS(C)(=O)=O. The van der Waals surface area contributed by atoms with E-state index in [9.17, 15) is 13.2 Å². The molecule has 0 saturated carbocycles. The second-order valence-electron chi connectivity index (χ2n) is 5.13. The molecule has 118 valence electrons. The minimum absolute atomic E-state index is 0.113. The fourth-order valence-corrected chi connectivity index (χ4v) is 2.31. The van der Waals surface area contributed by atoms with Crippen molar-refractivity contribution in [3.63, 3.8) is 0 Å².